The van der Waals surface area contributed by atoms with Gasteiger partial charge in [-0.05, 0) is 44.4 Å². The predicted molar refractivity (Wildman–Crippen MR) is 155 cm³/mol. The minimum absolute atomic E-state index is 0.0596. The number of hydrogen-bond donors (Lipinski definition) is 1. The molecule has 1 amide bonds. The Morgan fingerprint density at radius 3 is 2.62 bits per heavy atom. The van der Waals surface area contributed by atoms with Crippen LogP contribution in [0, 0.1) is 6.92 Å². The number of aryl methyl sites for hydroxylation is 1. The van der Waals surface area contributed by atoms with E-state index in [1.807, 2.05) is 44.4 Å². The van der Waals surface area contributed by atoms with Crippen molar-refractivity contribution in [3.8, 4) is 11.4 Å². The molecule has 10 nitrogen and oxygen atoms in total. The number of halogens is 3. The summed E-state index contributed by atoms with van der Waals surface area (Å²) < 4.78 is 36.2. The van der Waals surface area contributed by atoms with Gasteiger partial charge in [-0.1, -0.05) is 0 Å². The van der Waals surface area contributed by atoms with E-state index < -0.39 is 6.68 Å². The van der Waals surface area contributed by atoms with E-state index in [1.165, 1.54) is 6.07 Å². The first-order chi connectivity index (χ1) is 20.0. The minimum atomic E-state index is -3.67. The molecule has 1 atom stereocenters. The maximum Gasteiger partial charge on any atom is 0.379 e. The van der Waals surface area contributed by atoms with Gasteiger partial charge in [-0.15, -0.1) is 11.8 Å². The first kappa shape index (κ1) is 30.9. The van der Waals surface area contributed by atoms with Gasteiger partial charge in [-0.2, -0.15) is 13.2 Å². The summed E-state index contributed by atoms with van der Waals surface area (Å²) in [5.41, 5.74) is 3.71. The predicted octanol–water partition coefficient (Wildman–Crippen LogP) is 4.15. The third-order valence-electron chi connectivity index (χ3n) is 6.48. The smallest absolute Gasteiger partial charge is 0.375 e. The van der Waals surface area contributed by atoms with Crippen LogP contribution in [0.1, 0.15) is 28.7 Å². The topological polar surface area (TPSA) is 115 Å². The van der Waals surface area contributed by atoms with Crippen LogP contribution in [0.4, 0.5) is 19.1 Å². The molecular weight excluding hydrogens is 571 g/mol. The normalized spacial score (nSPS) is 15.0. The molecule has 0 radical (unpaired) electrons. The Hall–Kier alpha value is -4.04. The second kappa shape index (κ2) is 13.7. The highest BCUT2D eigenvalue weighted by Gasteiger charge is 2.21. The van der Waals surface area contributed by atoms with E-state index >= 15 is 0 Å². The van der Waals surface area contributed by atoms with E-state index in [0.29, 0.717) is 53.8 Å². The maximum atomic E-state index is 12.8. The number of carbonyl (C=O) groups is 1. The maximum absolute atomic E-state index is 12.8. The number of anilines is 1. The SMILES string of the molecule is CSc1cc(C(=O)NCc2cc3nc(-c4cc(=O)n(C)c(N5CCOC(C)C5)n4)ccc3cn2)cnc1C.FC(F)F. The molecule has 1 unspecified atom stereocenters. The number of pyridine rings is 3. The molecule has 0 bridgehead atoms. The summed E-state index contributed by atoms with van der Waals surface area (Å²) in [7, 11) is 1.73. The van der Waals surface area contributed by atoms with E-state index in [-0.39, 0.29) is 24.1 Å². The third kappa shape index (κ3) is 7.62. The molecule has 1 N–H and O–H groups in total. The van der Waals surface area contributed by atoms with Crippen molar-refractivity contribution in [2.45, 2.75) is 38.1 Å². The second-order valence-corrected chi connectivity index (χ2v) is 10.3. The summed E-state index contributed by atoms with van der Waals surface area (Å²) in [5.74, 6) is 0.378. The molecule has 5 heterocycles. The number of alkyl halides is 3. The van der Waals surface area contributed by atoms with Gasteiger partial charge in [0.25, 0.3) is 11.5 Å². The van der Waals surface area contributed by atoms with Gasteiger partial charge in [0.1, 0.15) is 0 Å². The van der Waals surface area contributed by atoms with Crippen molar-refractivity contribution in [2.75, 3.05) is 30.9 Å². The van der Waals surface area contributed by atoms with Crippen LogP contribution in [0.3, 0.4) is 0 Å². The van der Waals surface area contributed by atoms with E-state index in [2.05, 4.69) is 20.2 Å². The molecular formula is C28H30F3N7O3S. The molecule has 0 saturated carbocycles. The van der Waals surface area contributed by atoms with E-state index in [4.69, 9.17) is 14.7 Å². The van der Waals surface area contributed by atoms with Crippen molar-refractivity contribution in [2.24, 2.45) is 7.05 Å². The quantitative estimate of drug-likeness (QED) is 0.326. The summed E-state index contributed by atoms with van der Waals surface area (Å²) in [5, 5.41) is 3.76. The van der Waals surface area contributed by atoms with Crippen LogP contribution in [-0.4, -0.2) is 69.1 Å². The summed E-state index contributed by atoms with van der Waals surface area (Å²) >= 11 is 1.56. The van der Waals surface area contributed by atoms with Gasteiger partial charge in [0.15, 0.2) is 0 Å². The van der Waals surface area contributed by atoms with E-state index in [0.717, 1.165) is 16.0 Å². The van der Waals surface area contributed by atoms with Crippen molar-refractivity contribution in [3.63, 3.8) is 0 Å². The number of amides is 1. The third-order valence-corrected chi connectivity index (χ3v) is 7.33. The van der Waals surface area contributed by atoms with Gasteiger partial charge in [0, 0.05) is 48.9 Å². The summed E-state index contributed by atoms with van der Waals surface area (Å²) in [6.07, 6.45) is 5.32. The zero-order valence-electron chi connectivity index (χ0n) is 23.5. The number of nitrogens with zero attached hydrogens (tertiary/aromatic N) is 6. The van der Waals surface area contributed by atoms with Crippen LogP contribution in [0.15, 0.2) is 52.4 Å². The van der Waals surface area contributed by atoms with Crippen LogP contribution in [0.2, 0.25) is 0 Å². The number of nitrogens with one attached hydrogen (secondary N) is 1. The fourth-order valence-corrected chi connectivity index (χ4v) is 4.95. The Morgan fingerprint density at radius 1 is 1.14 bits per heavy atom. The Morgan fingerprint density at radius 2 is 1.90 bits per heavy atom. The average Bonchev–Trinajstić information content (AvgIpc) is 2.96. The number of rotatable bonds is 6. The van der Waals surface area contributed by atoms with Crippen molar-refractivity contribution in [1.82, 2.24) is 29.8 Å². The molecule has 222 valence electrons. The number of aromatic nitrogens is 5. The molecule has 0 spiro atoms. The van der Waals surface area contributed by atoms with Crippen molar-refractivity contribution in [1.29, 1.82) is 0 Å². The summed E-state index contributed by atoms with van der Waals surface area (Å²) in [6.45, 7) is 2.41. The fourth-order valence-electron chi connectivity index (χ4n) is 4.36. The van der Waals surface area contributed by atoms with Gasteiger partial charge in [-0.25, -0.2) is 9.97 Å². The number of fused-ring (bicyclic) bond motifs is 1. The van der Waals surface area contributed by atoms with Crippen LogP contribution in [0.25, 0.3) is 22.3 Å². The number of carbonyl (C=O) groups excluding carboxylic acids is 1. The largest absolute Gasteiger partial charge is 0.379 e. The lowest BCUT2D eigenvalue weighted by Gasteiger charge is -2.32. The highest BCUT2D eigenvalue weighted by atomic mass is 32.2. The van der Waals surface area contributed by atoms with Gasteiger partial charge in [0.05, 0.1) is 53.1 Å². The zero-order chi connectivity index (χ0) is 30.4. The summed E-state index contributed by atoms with van der Waals surface area (Å²) in [6, 6.07) is 8.93. The molecule has 1 aliphatic rings. The minimum Gasteiger partial charge on any atom is -0.375 e. The standard InChI is InChI=1S/C27H29N7O3S.CHF3/c1-16-15-34(7-8-37-16)27-32-23(11-25(35)33(27)3)21-6-5-18-12-29-20(10-22(18)31-21)14-30-26(36)19-9-24(38-4)17(2)28-13-19;2-1(3)4/h5-6,9-13,16H,7-8,14-15H2,1-4H3,(H,30,36);1H. The molecule has 0 aromatic carbocycles. The zero-order valence-corrected chi connectivity index (χ0v) is 24.3. The molecule has 14 heteroatoms. The molecule has 0 aliphatic carbocycles. The number of thioether (sulfide) groups is 1. The Kier molecular flexibility index (Phi) is 10.1. The molecule has 4 aromatic rings. The molecule has 1 fully saturated rings. The highest BCUT2D eigenvalue weighted by Crippen LogP contribution is 2.22. The Balaban J connectivity index is 0.000000952. The monoisotopic (exact) mass is 601 g/mol. The van der Waals surface area contributed by atoms with Crippen LogP contribution in [0.5, 0.6) is 0 Å². The average molecular weight is 602 g/mol. The molecule has 42 heavy (non-hydrogen) atoms. The van der Waals surface area contributed by atoms with E-state index in [9.17, 15) is 22.8 Å². The molecule has 1 aliphatic heterocycles. The lowest BCUT2D eigenvalue weighted by molar-refractivity contribution is 0.00818. The van der Waals surface area contributed by atoms with Crippen molar-refractivity contribution >= 4 is 34.5 Å². The van der Waals surface area contributed by atoms with Crippen LogP contribution >= 0.6 is 11.8 Å². The second-order valence-electron chi connectivity index (χ2n) is 9.47. The Bertz CT molecular complexity index is 1630. The summed E-state index contributed by atoms with van der Waals surface area (Å²) in [4.78, 5) is 46.9. The van der Waals surface area contributed by atoms with Crippen LogP contribution < -0.4 is 15.8 Å². The van der Waals surface area contributed by atoms with Crippen molar-refractivity contribution in [3.05, 3.63) is 70.0 Å². The number of hydrogen-bond acceptors (Lipinski definition) is 9. The van der Waals surface area contributed by atoms with Crippen molar-refractivity contribution < 1.29 is 22.7 Å². The molecule has 1 saturated heterocycles. The van der Waals surface area contributed by atoms with Gasteiger partial charge in [0.2, 0.25) is 5.95 Å². The number of ether oxygens (including phenoxy) is 1. The molecule has 4 aromatic heterocycles. The number of morpholine rings is 1. The van der Waals surface area contributed by atoms with Gasteiger partial charge in [-0.3, -0.25) is 24.1 Å². The lowest BCUT2D eigenvalue weighted by atomic mass is 10.2. The molecule has 5 rings (SSSR count). The first-order valence-corrected chi connectivity index (χ1v) is 14.2. The van der Waals surface area contributed by atoms with Gasteiger partial charge >= 0.3 is 6.68 Å². The van der Waals surface area contributed by atoms with Crippen LogP contribution in [-0.2, 0) is 18.3 Å². The Labute approximate surface area is 244 Å². The fraction of sp³-hybridized carbons (Fsp3) is 0.357. The first-order valence-electron chi connectivity index (χ1n) is 13.0. The highest BCUT2D eigenvalue weighted by molar-refractivity contribution is 7.98. The lowest BCUT2D eigenvalue weighted by Crippen LogP contribution is -2.44. The van der Waals surface area contributed by atoms with Gasteiger partial charge < -0.3 is 15.0 Å². The van der Waals surface area contributed by atoms with E-state index in [1.54, 1.807) is 35.8 Å².